The molecule has 1 aliphatic heterocycles. The fourth-order valence-electron chi connectivity index (χ4n) is 7.44. The van der Waals surface area contributed by atoms with E-state index < -0.39 is 49.5 Å². The number of nitrogens with one attached hydrogen (secondary N) is 1. The molecule has 0 radical (unpaired) electrons. The Morgan fingerprint density at radius 2 is 1.00 bits per heavy atom. The first kappa shape index (κ1) is 52.7. The predicted molar refractivity (Wildman–Crippen MR) is 230 cm³/mol. The molecule has 330 valence electrons. The summed E-state index contributed by atoms with van der Waals surface area (Å²) in [6, 6.07) is -0.805. The number of ether oxygens (including phenoxy) is 2. The molecule has 9 heteroatoms. The minimum absolute atomic E-state index is 0.185. The molecule has 1 fully saturated rings. The number of allylic oxidation sites excluding steroid dienone is 3. The van der Waals surface area contributed by atoms with E-state index in [2.05, 4.69) is 31.3 Å². The van der Waals surface area contributed by atoms with Gasteiger partial charge in [-0.15, -0.1) is 0 Å². The van der Waals surface area contributed by atoms with E-state index in [0.717, 1.165) is 57.8 Å². The molecule has 56 heavy (non-hydrogen) atoms. The maximum atomic E-state index is 12.9. The van der Waals surface area contributed by atoms with E-state index in [-0.39, 0.29) is 12.5 Å². The molecule has 0 aromatic carbocycles. The number of amides is 1. The summed E-state index contributed by atoms with van der Waals surface area (Å²) in [5.41, 5.74) is 0. The normalized spacial score (nSPS) is 21.3. The number of carbonyl (C=O) groups excluding carboxylic acids is 1. The van der Waals surface area contributed by atoms with Crippen molar-refractivity contribution in [3.05, 3.63) is 24.3 Å². The van der Waals surface area contributed by atoms with Gasteiger partial charge in [-0.25, -0.2) is 0 Å². The molecule has 0 saturated carbocycles. The number of aliphatic hydroxyl groups excluding tert-OH is 5. The van der Waals surface area contributed by atoms with Gasteiger partial charge in [-0.2, -0.15) is 0 Å². The van der Waals surface area contributed by atoms with Crippen molar-refractivity contribution in [3.63, 3.8) is 0 Å². The van der Waals surface area contributed by atoms with Crippen LogP contribution in [0.3, 0.4) is 0 Å². The van der Waals surface area contributed by atoms with Crippen LogP contribution in [0.25, 0.3) is 0 Å². The lowest BCUT2D eigenvalue weighted by molar-refractivity contribution is -0.302. The van der Waals surface area contributed by atoms with E-state index in [1.165, 1.54) is 135 Å². The fourth-order valence-corrected chi connectivity index (χ4v) is 7.44. The van der Waals surface area contributed by atoms with E-state index in [9.17, 15) is 30.3 Å². The fraction of sp³-hybridized carbons (Fsp3) is 0.894. The maximum absolute atomic E-state index is 12.9. The summed E-state index contributed by atoms with van der Waals surface area (Å²) < 4.78 is 11.2. The van der Waals surface area contributed by atoms with Crippen LogP contribution in [0.2, 0.25) is 0 Å². The van der Waals surface area contributed by atoms with Crippen LogP contribution in [0.1, 0.15) is 213 Å². The number of hydrogen-bond acceptors (Lipinski definition) is 8. The molecule has 7 atom stereocenters. The lowest BCUT2D eigenvalue weighted by Gasteiger charge is -2.40. The Hall–Kier alpha value is -1.33. The van der Waals surface area contributed by atoms with Gasteiger partial charge in [-0.1, -0.05) is 186 Å². The Bertz CT molecular complexity index is 930. The second-order valence-electron chi connectivity index (χ2n) is 16.5. The molecule has 0 spiro atoms. The summed E-state index contributed by atoms with van der Waals surface area (Å²) in [7, 11) is 0. The molecule has 1 heterocycles. The molecule has 0 aromatic rings. The standard InChI is InChI=1S/C47H89NO8/c1-3-5-7-9-11-13-15-17-19-20-21-22-23-24-26-28-30-32-34-36-41(50)40(39-55-47-46(54)45(53)44(52)42(38-49)56-47)48-43(51)37-35-33-31-29-27-25-18-16-14-12-10-8-6-4-2/h16,18,34,36,40-42,44-47,49-50,52-54H,3-15,17,19-33,35,37-39H2,1-2H3,(H,48,51)/b18-16-,36-34+. The molecule has 7 unspecified atom stereocenters. The van der Waals surface area contributed by atoms with Gasteiger partial charge in [0.1, 0.15) is 24.4 Å². The topological polar surface area (TPSA) is 149 Å². The van der Waals surface area contributed by atoms with E-state index in [1.807, 2.05) is 6.08 Å². The largest absolute Gasteiger partial charge is 0.394 e. The monoisotopic (exact) mass is 796 g/mol. The van der Waals surface area contributed by atoms with Crippen LogP contribution in [0.15, 0.2) is 24.3 Å². The molecule has 1 aliphatic rings. The van der Waals surface area contributed by atoms with Gasteiger partial charge in [-0.3, -0.25) is 4.79 Å². The summed E-state index contributed by atoms with van der Waals surface area (Å²) in [5, 5.41) is 54.2. The van der Waals surface area contributed by atoms with Gasteiger partial charge < -0.3 is 40.3 Å². The number of hydrogen-bond donors (Lipinski definition) is 6. The van der Waals surface area contributed by atoms with Crippen LogP contribution in [-0.2, 0) is 14.3 Å². The van der Waals surface area contributed by atoms with Gasteiger partial charge >= 0.3 is 0 Å². The van der Waals surface area contributed by atoms with E-state index in [0.29, 0.717) is 6.42 Å². The Morgan fingerprint density at radius 1 is 0.589 bits per heavy atom. The van der Waals surface area contributed by atoms with Crippen molar-refractivity contribution < 1.29 is 39.8 Å². The highest BCUT2D eigenvalue weighted by atomic mass is 16.7. The van der Waals surface area contributed by atoms with Crippen molar-refractivity contribution in [2.24, 2.45) is 0 Å². The lowest BCUT2D eigenvalue weighted by atomic mass is 9.99. The van der Waals surface area contributed by atoms with Crippen LogP contribution in [0, 0.1) is 0 Å². The smallest absolute Gasteiger partial charge is 0.220 e. The van der Waals surface area contributed by atoms with E-state index in [4.69, 9.17) is 9.47 Å². The SMILES string of the molecule is CCCCCCC/C=C\CCCCCCCC(=O)NC(COC1OC(CO)C(O)C(O)C1O)C(O)/C=C/CCCCCCCCCCCCCCCCCCC. The number of unbranched alkanes of at least 4 members (excludes halogenated alkanes) is 27. The van der Waals surface area contributed by atoms with Gasteiger partial charge in [0.15, 0.2) is 6.29 Å². The minimum Gasteiger partial charge on any atom is -0.394 e. The van der Waals surface area contributed by atoms with Gasteiger partial charge in [0.2, 0.25) is 5.91 Å². The number of aliphatic hydroxyl groups is 5. The zero-order chi connectivity index (χ0) is 40.9. The second-order valence-corrected chi connectivity index (χ2v) is 16.5. The van der Waals surface area contributed by atoms with Crippen molar-refractivity contribution >= 4 is 5.91 Å². The average molecular weight is 796 g/mol. The van der Waals surface area contributed by atoms with Gasteiger partial charge in [0, 0.05) is 6.42 Å². The first-order valence-electron chi connectivity index (χ1n) is 23.6. The van der Waals surface area contributed by atoms with Crippen LogP contribution < -0.4 is 5.32 Å². The summed E-state index contributed by atoms with van der Waals surface area (Å²) in [5.74, 6) is -0.185. The van der Waals surface area contributed by atoms with Crippen molar-refractivity contribution in [3.8, 4) is 0 Å². The Balaban J connectivity index is 2.35. The minimum atomic E-state index is -1.57. The third-order valence-electron chi connectivity index (χ3n) is 11.3. The second kappa shape index (κ2) is 37.9. The van der Waals surface area contributed by atoms with Crippen molar-refractivity contribution in [2.75, 3.05) is 13.2 Å². The molecule has 1 saturated heterocycles. The summed E-state index contributed by atoms with van der Waals surface area (Å²) in [6.07, 6.45) is 37.9. The molecule has 1 amide bonds. The molecule has 0 aliphatic carbocycles. The van der Waals surface area contributed by atoms with Crippen LogP contribution in [-0.4, -0.2) is 87.5 Å². The maximum Gasteiger partial charge on any atom is 0.220 e. The highest BCUT2D eigenvalue weighted by Crippen LogP contribution is 2.23. The average Bonchev–Trinajstić information content (AvgIpc) is 3.20. The van der Waals surface area contributed by atoms with Gasteiger partial charge in [0.25, 0.3) is 0 Å². The quantitative estimate of drug-likeness (QED) is 0.0266. The molecular formula is C47H89NO8. The zero-order valence-corrected chi connectivity index (χ0v) is 36.1. The predicted octanol–water partition coefficient (Wildman–Crippen LogP) is 9.89. The van der Waals surface area contributed by atoms with Crippen LogP contribution in [0.5, 0.6) is 0 Å². The highest BCUT2D eigenvalue weighted by molar-refractivity contribution is 5.76. The Kier molecular flexibility index (Phi) is 35.7. The van der Waals surface area contributed by atoms with Crippen LogP contribution >= 0.6 is 0 Å². The number of carbonyl (C=O) groups is 1. The summed E-state index contributed by atoms with van der Waals surface area (Å²) in [6.45, 7) is 3.76. The highest BCUT2D eigenvalue weighted by Gasteiger charge is 2.44. The Labute approximate surface area is 343 Å². The van der Waals surface area contributed by atoms with Crippen molar-refractivity contribution in [1.29, 1.82) is 0 Å². The van der Waals surface area contributed by atoms with E-state index in [1.54, 1.807) is 6.08 Å². The molecule has 0 aromatic heterocycles. The lowest BCUT2D eigenvalue weighted by Crippen LogP contribution is -2.60. The number of rotatable bonds is 39. The van der Waals surface area contributed by atoms with Gasteiger partial charge in [-0.05, 0) is 44.9 Å². The third-order valence-corrected chi connectivity index (χ3v) is 11.3. The summed E-state index contributed by atoms with van der Waals surface area (Å²) in [4.78, 5) is 12.9. The first-order valence-corrected chi connectivity index (χ1v) is 23.6. The Morgan fingerprint density at radius 3 is 1.45 bits per heavy atom. The molecule has 1 rings (SSSR count). The zero-order valence-electron chi connectivity index (χ0n) is 36.1. The van der Waals surface area contributed by atoms with Crippen LogP contribution in [0.4, 0.5) is 0 Å². The van der Waals surface area contributed by atoms with Gasteiger partial charge in [0.05, 0.1) is 25.4 Å². The van der Waals surface area contributed by atoms with Crippen molar-refractivity contribution in [1.82, 2.24) is 5.32 Å². The molecular weight excluding hydrogens is 707 g/mol. The molecule has 0 bridgehead atoms. The molecule has 6 N–H and O–H groups in total. The van der Waals surface area contributed by atoms with E-state index >= 15 is 0 Å². The summed E-state index contributed by atoms with van der Waals surface area (Å²) >= 11 is 0. The first-order chi connectivity index (χ1) is 27.3. The molecule has 9 nitrogen and oxygen atoms in total. The van der Waals surface area contributed by atoms with Crippen molar-refractivity contribution in [2.45, 2.75) is 256 Å². The third kappa shape index (κ3) is 28.2.